The second-order valence-corrected chi connectivity index (χ2v) is 5.40. The average Bonchev–Trinajstić information content (AvgIpc) is 2.56. The smallest absolute Gasteiger partial charge is 0.112 e. The van der Waals surface area contributed by atoms with E-state index in [0.29, 0.717) is 5.92 Å². The van der Waals surface area contributed by atoms with Gasteiger partial charge in [0, 0.05) is 37.2 Å². The molecule has 0 unspecified atom stereocenters. The fourth-order valence-corrected chi connectivity index (χ4v) is 2.81. The van der Waals surface area contributed by atoms with Crippen molar-refractivity contribution in [3.63, 3.8) is 0 Å². The molecule has 2 heterocycles. The molecule has 0 aromatic carbocycles. The van der Waals surface area contributed by atoms with Gasteiger partial charge in [-0.05, 0) is 19.3 Å². The Hall–Kier alpha value is -0.830. The highest BCUT2D eigenvalue weighted by Crippen LogP contribution is 2.36. The molecule has 0 bridgehead atoms. The van der Waals surface area contributed by atoms with Crippen LogP contribution in [-0.4, -0.2) is 16.1 Å². The van der Waals surface area contributed by atoms with Crippen LogP contribution < -0.4 is 5.32 Å². The van der Waals surface area contributed by atoms with Gasteiger partial charge in [-0.2, -0.15) is 0 Å². The van der Waals surface area contributed by atoms with Gasteiger partial charge in [0.05, 0.1) is 5.69 Å². The number of fused-ring (bicyclic) bond motifs is 1. The van der Waals surface area contributed by atoms with Crippen molar-refractivity contribution in [1.82, 2.24) is 14.9 Å². The predicted octanol–water partition coefficient (Wildman–Crippen LogP) is 2.38. The average molecular weight is 219 g/mol. The molecule has 1 saturated carbocycles. The van der Waals surface area contributed by atoms with E-state index < -0.39 is 0 Å². The normalized spacial score (nSPS) is 20.9. The van der Waals surface area contributed by atoms with Gasteiger partial charge < -0.3 is 9.88 Å². The largest absolute Gasteiger partial charge is 0.328 e. The zero-order chi connectivity index (χ0) is 11.1. The topological polar surface area (TPSA) is 29.9 Å². The molecule has 16 heavy (non-hydrogen) atoms. The van der Waals surface area contributed by atoms with E-state index in [1.165, 1.54) is 36.5 Å². The van der Waals surface area contributed by atoms with Crippen molar-refractivity contribution in [2.45, 2.75) is 58.0 Å². The minimum absolute atomic E-state index is 0.547. The molecule has 0 amide bonds. The summed E-state index contributed by atoms with van der Waals surface area (Å²) in [5.41, 5.74) is 2.83. The van der Waals surface area contributed by atoms with E-state index in [9.17, 15) is 0 Å². The first-order chi connectivity index (χ1) is 7.77. The van der Waals surface area contributed by atoms with E-state index in [4.69, 9.17) is 4.98 Å². The SMILES string of the molecule is CC(C)c1nc2c(n1C1CCC1)CCNC2. The summed E-state index contributed by atoms with van der Waals surface area (Å²) in [6, 6.07) is 0.756. The minimum Gasteiger partial charge on any atom is -0.328 e. The number of nitrogens with zero attached hydrogens (tertiary/aromatic N) is 2. The number of hydrogen-bond acceptors (Lipinski definition) is 2. The minimum atomic E-state index is 0.547. The van der Waals surface area contributed by atoms with Crippen LogP contribution in [0, 0.1) is 0 Å². The molecule has 3 nitrogen and oxygen atoms in total. The van der Waals surface area contributed by atoms with Gasteiger partial charge in [0.1, 0.15) is 5.82 Å². The molecule has 1 N–H and O–H groups in total. The standard InChI is InChI=1S/C13H21N3/c1-9(2)13-15-11-8-14-7-6-12(11)16(13)10-4-3-5-10/h9-10,14H,3-8H2,1-2H3. The molecule has 0 saturated heterocycles. The third kappa shape index (κ3) is 1.49. The Balaban J connectivity index is 2.06. The summed E-state index contributed by atoms with van der Waals surface area (Å²) in [5.74, 6) is 1.87. The van der Waals surface area contributed by atoms with Crippen LogP contribution in [0.15, 0.2) is 0 Å². The van der Waals surface area contributed by atoms with Gasteiger partial charge in [0.2, 0.25) is 0 Å². The molecule has 3 heteroatoms. The summed E-state index contributed by atoms with van der Waals surface area (Å²) in [5, 5.41) is 3.42. The lowest BCUT2D eigenvalue weighted by molar-refractivity contribution is 0.295. The summed E-state index contributed by atoms with van der Waals surface area (Å²) < 4.78 is 2.57. The molecular formula is C13H21N3. The molecule has 0 radical (unpaired) electrons. The maximum Gasteiger partial charge on any atom is 0.112 e. The first-order valence-corrected chi connectivity index (χ1v) is 6.58. The van der Waals surface area contributed by atoms with Gasteiger partial charge >= 0.3 is 0 Å². The van der Waals surface area contributed by atoms with Crippen LogP contribution in [0.1, 0.15) is 62.3 Å². The number of rotatable bonds is 2. The maximum absolute atomic E-state index is 4.85. The fourth-order valence-electron chi connectivity index (χ4n) is 2.81. The monoisotopic (exact) mass is 219 g/mol. The fraction of sp³-hybridized carbons (Fsp3) is 0.769. The summed E-state index contributed by atoms with van der Waals surface area (Å²) >= 11 is 0. The molecule has 1 aromatic rings. The first-order valence-electron chi connectivity index (χ1n) is 6.58. The molecule has 88 valence electrons. The maximum atomic E-state index is 4.85. The lowest BCUT2D eigenvalue weighted by Gasteiger charge is -2.31. The lowest BCUT2D eigenvalue weighted by Crippen LogP contribution is -2.28. The second-order valence-electron chi connectivity index (χ2n) is 5.40. The van der Waals surface area contributed by atoms with Crippen molar-refractivity contribution in [2.75, 3.05) is 6.54 Å². The molecule has 0 atom stereocenters. The number of aromatic nitrogens is 2. The van der Waals surface area contributed by atoms with Crippen molar-refractivity contribution < 1.29 is 0 Å². The Morgan fingerprint density at radius 2 is 2.19 bits per heavy atom. The summed E-state index contributed by atoms with van der Waals surface area (Å²) in [6.45, 7) is 6.60. The van der Waals surface area contributed by atoms with Crippen LogP contribution in [0.4, 0.5) is 0 Å². The summed E-state index contributed by atoms with van der Waals surface area (Å²) in [6.07, 6.45) is 5.27. The van der Waals surface area contributed by atoms with Crippen LogP contribution in [-0.2, 0) is 13.0 Å². The quantitative estimate of drug-likeness (QED) is 0.827. The Morgan fingerprint density at radius 1 is 1.38 bits per heavy atom. The molecule has 0 spiro atoms. The third-order valence-electron chi connectivity index (χ3n) is 3.91. The van der Waals surface area contributed by atoms with Crippen LogP contribution in [0.2, 0.25) is 0 Å². The highest BCUT2D eigenvalue weighted by atomic mass is 15.2. The van der Waals surface area contributed by atoms with E-state index >= 15 is 0 Å². The Morgan fingerprint density at radius 3 is 2.81 bits per heavy atom. The molecule has 1 aliphatic heterocycles. The number of hydrogen-bond donors (Lipinski definition) is 1. The Labute approximate surface area is 97.3 Å². The van der Waals surface area contributed by atoms with E-state index in [0.717, 1.165) is 25.6 Å². The van der Waals surface area contributed by atoms with E-state index in [-0.39, 0.29) is 0 Å². The van der Waals surface area contributed by atoms with Crippen LogP contribution in [0.25, 0.3) is 0 Å². The zero-order valence-corrected chi connectivity index (χ0v) is 10.3. The Bertz CT molecular complexity index is 388. The molecule has 3 rings (SSSR count). The van der Waals surface area contributed by atoms with Crippen LogP contribution in [0.3, 0.4) is 0 Å². The molecule has 1 aliphatic carbocycles. The van der Waals surface area contributed by atoms with Crippen molar-refractivity contribution >= 4 is 0 Å². The van der Waals surface area contributed by atoms with Gasteiger partial charge in [0.15, 0.2) is 0 Å². The van der Waals surface area contributed by atoms with Gasteiger partial charge in [-0.25, -0.2) is 4.98 Å². The summed E-state index contributed by atoms with van der Waals surface area (Å²) in [4.78, 5) is 4.85. The number of imidazole rings is 1. The molecular weight excluding hydrogens is 198 g/mol. The van der Waals surface area contributed by atoms with Crippen molar-refractivity contribution in [1.29, 1.82) is 0 Å². The number of nitrogens with one attached hydrogen (secondary N) is 1. The Kier molecular flexibility index (Phi) is 2.51. The van der Waals surface area contributed by atoms with Gasteiger partial charge in [-0.3, -0.25) is 0 Å². The molecule has 2 aliphatic rings. The van der Waals surface area contributed by atoms with Crippen molar-refractivity contribution in [3.8, 4) is 0 Å². The van der Waals surface area contributed by atoms with Gasteiger partial charge in [-0.15, -0.1) is 0 Å². The van der Waals surface area contributed by atoms with Crippen molar-refractivity contribution in [3.05, 3.63) is 17.2 Å². The molecule has 1 fully saturated rings. The molecule has 1 aromatic heterocycles. The summed E-state index contributed by atoms with van der Waals surface area (Å²) in [7, 11) is 0. The van der Waals surface area contributed by atoms with Crippen LogP contribution in [0.5, 0.6) is 0 Å². The van der Waals surface area contributed by atoms with Crippen LogP contribution >= 0.6 is 0 Å². The first kappa shape index (κ1) is 10.3. The predicted molar refractivity (Wildman–Crippen MR) is 64.6 cm³/mol. The lowest BCUT2D eigenvalue weighted by atomic mass is 9.91. The van der Waals surface area contributed by atoms with Gasteiger partial charge in [0.25, 0.3) is 0 Å². The zero-order valence-electron chi connectivity index (χ0n) is 10.3. The van der Waals surface area contributed by atoms with E-state index in [1.54, 1.807) is 0 Å². The second kappa shape index (κ2) is 3.88. The van der Waals surface area contributed by atoms with Gasteiger partial charge in [-0.1, -0.05) is 13.8 Å². The highest BCUT2D eigenvalue weighted by Gasteiger charge is 2.28. The van der Waals surface area contributed by atoms with E-state index in [2.05, 4.69) is 23.7 Å². The van der Waals surface area contributed by atoms with Crippen molar-refractivity contribution in [2.24, 2.45) is 0 Å². The third-order valence-corrected chi connectivity index (χ3v) is 3.91. The highest BCUT2D eigenvalue weighted by molar-refractivity contribution is 5.23. The van der Waals surface area contributed by atoms with E-state index in [1.807, 2.05) is 0 Å².